The van der Waals surface area contributed by atoms with Gasteiger partial charge in [-0.15, -0.1) is 0 Å². The van der Waals surface area contributed by atoms with Crippen LogP contribution in [0.15, 0.2) is 60.7 Å². The van der Waals surface area contributed by atoms with Gasteiger partial charge in [-0.3, -0.25) is 4.79 Å². The summed E-state index contributed by atoms with van der Waals surface area (Å²) in [6.07, 6.45) is 1.91. The molecule has 146 valence electrons. The number of hydrogen-bond donors (Lipinski definition) is 1. The Labute approximate surface area is 166 Å². The van der Waals surface area contributed by atoms with Crippen LogP contribution in [0, 0.1) is 6.92 Å². The number of rotatable bonds is 9. The topological polar surface area (TPSA) is 56.2 Å². The third-order valence-corrected chi connectivity index (χ3v) is 4.66. The summed E-state index contributed by atoms with van der Waals surface area (Å²) in [7, 11) is 0. The molecule has 1 aromatic heterocycles. The average Bonchev–Trinajstić information content (AvgIpc) is 3.04. The largest absolute Gasteiger partial charge is 0.493 e. The number of benzene rings is 2. The zero-order chi connectivity index (χ0) is 19.9. The molecule has 0 aliphatic heterocycles. The smallest absolute Gasteiger partial charge is 0.246 e. The van der Waals surface area contributed by atoms with E-state index >= 15 is 0 Å². The van der Waals surface area contributed by atoms with Gasteiger partial charge in [-0.1, -0.05) is 36.9 Å². The van der Waals surface area contributed by atoms with Crippen molar-refractivity contribution >= 4 is 16.9 Å². The molecule has 0 saturated carbocycles. The minimum absolute atomic E-state index is 0.148. The van der Waals surface area contributed by atoms with Crippen LogP contribution in [0.5, 0.6) is 5.75 Å². The number of para-hydroxylation sites is 3. The summed E-state index contributed by atoms with van der Waals surface area (Å²) in [6.45, 7) is 9.33. The molecule has 1 N–H and O–H groups in total. The molecule has 0 atom stereocenters. The molecule has 3 rings (SSSR count). The molecule has 5 heteroatoms. The summed E-state index contributed by atoms with van der Waals surface area (Å²) in [6, 6.07) is 16.1. The lowest BCUT2D eigenvalue weighted by molar-refractivity contribution is -0.117. The van der Waals surface area contributed by atoms with E-state index in [0.29, 0.717) is 18.7 Å². The van der Waals surface area contributed by atoms with Crippen molar-refractivity contribution in [1.82, 2.24) is 14.9 Å². The first kappa shape index (κ1) is 19.7. The highest BCUT2D eigenvalue weighted by Crippen LogP contribution is 2.18. The van der Waals surface area contributed by atoms with Gasteiger partial charge in [-0.25, -0.2) is 4.98 Å². The van der Waals surface area contributed by atoms with Crippen molar-refractivity contribution in [3.63, 3.8) is 0 Å². The molecule has 0 fully saturated rings. The van der Waals surface area contributed by atoms with Gasteiger partial charge in [-0.05, 0) is 50.5 Å². The molecule has 0 radical (unpaired) electrons. The summed E-state index contributed by atoms with van der Waals surface area (Å²) in [4.78, 5) is 16.5. The number of ether oxygens (including phenoxy) is 1. The second-order valence-corrected chi connectivity index (χ2v) is 6.95. The third-order valence-electron chi connectivity index (χ3n) is 4.66. The van der Waals surface area contributed by atoms with Crippen LogP contribution in [0.2, 0.25) is 0 Å². The Hall–Kier alpha value is -3.08. The maximum atomic E-state index is 11.8. The Bertz CT molecular complexity index is 975. The van der Waals surface area contributed by atoms with Gasteiger partial charge >= 0.3 is 0 Å². The Morgan fingerprint density at radius 1 is 1.14 bits per heavy atom. The van der Waals surface area contributed by atoms with Crippen LogP contribution < -0.4 is 10.1 Å². The molecule has 0 saturated heterocycles. The summed E-state index contributed by atoms with van der Waals surface area (Å²) in [5, 5.41) is 2.88. The summed E-state index contributed by atoms with van der Waals surface area (Å²) >= 11 is 0. The van der Waals surface area contributed by atoms with E-state index in [1.54, 1.807) is 6.92 Å². The lowest BCUT2D eigenvalue weighted by Gasteiger charge is -2.11. The number of aryl methyl sites for hydroxylation is 2. The molecular formula is C23H27N3O2. The van der Waals surface area contributed by atoms with Crippen LogP contribution in [0.3, 0.4) is 0 Å². The summed E-state index contributed by atoms with van der Waals surface area (Å²) < 4.78 is 8.07. The maximum absolute atomic E-state index is 11.8. The van der Waals surface area contributed by atoms with E-state index in [2.05, 4.69) is 40.5 Å². The van der Waals surface area contributed by atoms with Gasteiger partial charge in [0.25, 0.3) is 0 Å². The molecule has 0 unspecified atom stereocenters. The van der Waals surface area contributed by atoms with Crippen LogP contribution in [0.25, 0.3) is 11.0 Å². The maximum Gasteiger partial charge on any atom is 0.246 e. The third kappa shape index (κ3) is 4.80. The molecule has 0 aliphatic rings. The van der Waals surface area contributed by atoms with Gasteiger partial charge in [-0.2, -0.15) is 0 Å². The average molecular weight is 377 g/mol. The van der Waals surface area contributed by atoms with Gasteiger partial charge < -0.3 is 14.6 Å². The zero-order valence-electron chi connectivity index (χ0n) is 16.6. The summed E-state index contributed by atoms with van der Waals surface area (Å²) in [5.74, 6) is 1.65. The van der Waals surface area contributed by atoms with Crippen molar-refractivity contribution in [1.29, 1.82) is 0 Å². The molecule has 28 heavy (non-hydrogen) atoms. The fraction of sp³-hybridized carbons (Fsp3) is 0.304. The predicted octanol–water partition coefficient (Wildman–Crippen LogP) is 4.40. The highest BCUT2D eigenvalue weighted by molar-refractivity contribution is 5.92. The molecular weight excluding hydrogens is 350 g/mol. The Morgan fingerprint density at radius 3 is 2.68 bits per heavy atom. The second-order valence-electron chi connectivity index (χ2n) is 6.95. The Balaban J connectivity index is 1.61. The molecule has 5 nitrogen and oxygen atoms in total. The minimum atomic E-state index is -0.148. The molecule has 0 aliphatic carbocycles. The van der Waals surface area contributed by atoms with E-state index in [1.807, 2.05) is 36.4 Å². The predicted molar refractivity (Wildman–Crippen MR) is 112 cm³/mol. The SMILES string of the molecule is C=C(C)C(=O)NCc1nc2ccccc2n1CCCCOc1ccccc1C. The summed E-state index contributed by atoms with van der Waals surface area (Å²) in [5.41, 5.74) is 3.68. The van der Waals surface area contributed by atoms with Crippen molar-refractivity contribution in [3.8, 4) is 5.75 Å². The highest BCUT2D eigenvalue weighted by Gasteiger charge is 2.11. The fourth-order valence-electron chi connectivity index (χ4n) is 3.09. The second kappa shape index (κ2) is 9.22. The Morgan fingerprint density at radius 2 is 1.89 bits per heavy atom. The quantitative estimate of drug-likeness (QED) is 0.444. The van der Waals surface area contributed by atoms with E-state index in [4.69, 9.17) is 4.74 Å². The van der Waals surface area contributed by atoms with E-state index in [9.17, 15) is 4.79 Å². The van der Waals surface area contributed by atoms with E-state index in [1.165, 1.54) is 0 Å². The molecule has 0 bridgehead atoms. The fourth-order valence-corrected chi connectivity index (χ4v) is 3.09. The van der Waals surface area contributed by atoms with Gasteiger partial charge in [0.2, 0.25) is 5.91 Å². The number of unbranched alkanes of at least 4 members (excludes halogenated alkanes) is 1. The van der Waals surface area contributed by atoms with Crippen molar-refractivity contribution in [2.45, 2.75) is 39.8 Å². The van der Waals surface area contributed by atoms with Gasteiger partial charge in [0, 0.05) is 12.1 Å². The lowest BCUT2D eigenvalue weighted by atomic mass is 10.2. The number of amides is 1. The van der Waals surface area contributed by atoms with Crippen molar-refractivity contribution in [2.75, 3.05) is 6.61 Å². The van der Waals surface area contributed by atoms with E-state index < -0.39 is 0 Å². The number of carbonyl (C=O) groups is 1. The van der Waals surface area contributed by atoms with E-state index in [0.717, 1.165) is 47.6 Å². The standard InChI is InChI=1S/C23H27N3O2/c1-17(2)23(27)24-16-22-25-19-11-5-6-12-20(19)26(22)14-8-9-15-28-21-13-7-4-10-18(21)3/h4-7,10-13H,1,8-9,14-16H2,2-3H3,(H,24,27). The number of fused-ring (bicyclic) bond motifs is 1. The van der Waals surface area contributed by atoms with Crippen LogP contribution in [0.4, 0.5) is 0 Å². The number of nitrogens with zero attached hydrogens (tertiary/aromatic N) is 2. The van der Waals surface area contributed by atoms with Gasteiger partial charge in [0.1, 0.15) is 11.6 Å². The molecule has 2 aromatic carbocycles. The minimum Gasteiger partial charge on any atom is -0.493 e. The first-order valence-corrected chi connectivity index (χ1v) is 9.62. The van der Waals surface area contributed by atoms with Crippen molar-refractivity contribution in [3.05, 3.63) is 72.1 Å². The Kier molecular flexibility index (Phi) is 6.48. The number of hydrogen-bond acceptors (Lipinski definition) is 3. The number of nitrogens with one attached hydrogen (secondary N) is 1. The van der Waals surface area contributed by atoms with Gasteiger partial charge in [0.05, 0.1) is 24.2 Å². The van der Waals surface area contributed by atoms with Crippen LogP contribution >= 0.6 is 0 Å². The van der Waals surface area contributed by atoms with Crippen LogP contribution in [-0.2, 0) is 17.9 Å². The van der Waals surface area contributed by atoms with Crippen molar-refractivity contribution < 1.29 is 9.53 Å². The van der Waals surface area contributed by atoms with Gasteiger partial charge in [0.15, 0.2) is 0 Å². The van der Waals surface area contributed by atoms with Crippen LogP contribution in [0.1, 0.15) is 31.2 Å². The molecule has 1 amide bonds. The number of imidazole rings is 1. The van der Waals surface area contributed by atoms with E-state index in [-0.39, 0.29) is 5.91 Å². The zero-order valence-corrected chi connectivity index (χ0v) is 16.6. The molecule has 3 aromatic rings. The lowest BCUT2D eigenvalue weighted by Crippen LogP contribution is -2.25. The number of carbonyl (C=O) groups excluding carboxylic acids is 1. The van der Waals surface area contributed by atoms with Crippen LogP contribution in [-0.4, -0.2) is 22.1 Å². The first-order valence-electron chi connectivity index (χ1n) is 9.62. The highest BCUT2D eigenvalue weighted by atomic mass is 16.5. The molecule has 0 spiro atoms. The molecule has 1 heterocycles. The normalized spacial score (nSPS) is 10.8. The van der Waals surface area contributed by atoms with Crippen molar-refractivity contribution in [2.24, 2.45) is 0 Å². The first-order chi connectivity index (χ1) is 13.6. The number of aromatic nitrogens is 2. The monoisotopic (exact) mass is 377 g/mol.